The zero-order chi connectivity index (χ0) is 25.2. The first kappa shape index (κ1) is 24.8. The highest BCUT2D eigenvalue weighted by Gasteiger charge is 2.54. The van der Waals surface area contributed by atoms with Crippen LogP contribution in [0.2, 0.25) is 0 Å². The molecule has 2 fully saturated rings. The van der Waals surface area contributed by atoms with E-state index in [4.69, 9.17) is 18.9 Å². The Morgan fingerprint density at radius 3 is 2.54 bits per heavy atom. The lowest BCUT2D eigenvalue weighted by Crippen LogP contribution is -2.73. The molecule has 8 heteroatoms. The van der Waals surface area contributed by atoms with Crippen LogP contribution in [-0.2, 0) is 20.8 Å². The van der Waals surface area contributed by atoms with Crippen LogP contribution in [0.4, 0.5) is 0 Å². The highest BCUT2D eigenvalue weighted by atomic mass is 16.7. The molecule has 186 valence electrons. The van der Waals surface area contributed by atoms with Gasteiger partial charge in [0.1, 0.15) is 23.6 Å². The zero-order valence-electron chi connectivity index (χ0n) is 20.7. The second-order valence-electron chi connectivity index (χ2n) is 9.18. The molecule has 0 bridgehead atoms. The van der Waals surface area contributed by atoms with Gasteiger partial charge in [0.05, 0.1) is 26.9 Å². The quantitative estimate of drug-likeness (QED) is 0.335. The van der Waals surface area contributed by atoms with Gasteiger partial charge in [-0.3, -0.25) is 9.59 Å². The van der Waals surface area contributed by atoms with Gasteiger partial charge in [-0.1, -0.05) is 30.3 Å². The van der Waals surface area contributed by atoms with Crippen LogP contribution in [0, 0.1) is 0 Å². The zero-order valence-corrected chi connectivity index (χ0v) is 20.7. The number of carbonyl (C=O) groups is 2. The molecule has 0 aromatic heterocycles. The summed E-state index contributed by atoms with van der Waals surface area (Å²) in [6.07, 6.45) is 1.20. The van der Waals surface area contributed by atoms with Crippen LogP contribution in [0.15, 0.2) is 60.3 Å². The van der Waals surface area contributed by atoms with Crippen molar-refractivity contribution in [1.82, 2.24) is 10.2 Å². The van der Waals surface area contributed by atoms with Crippen molar-refractivity contribution in [2.24, 2.45) is 0 Å². The van der Waals surface area contributed by atoms with Crippen LogP contribution < -0.4 is 14.8 Å². The fraction of sp³-hybridized carbons (Fsp3) is 0.407. The van der Waals surface area contributed by atoms with Crippen molar-refractivity contribution in [3.8, 4) is 11.5 Å². The van der Waals surface area contributed by atoms with Gasteiger partial charge >= 0.3 is 0 Å². The van der Waals surface area contributed by atoms with Gasteiger partial charge in [0.15, 0.2) is 11.6 Å². The number of likely N-dealkylation sites (tertiary alicyclic amines) is 1. The van der Waals surface area contributed by atoms with E-state index in [1.54, 1.807) is 44.2 Å². The molecule has 3 atom stereocenters. The topological polar surface area (TPSA) is 86.3 Å². The molecule has 2 aliphatic rings. The van der Waals surface area contributed by atoms with Gasteiger partial charge in [0.25, 0.3) is 0 Å². The van der Waals surface area contributed by atoms with Crippen molar-refractivity contribution in [3.63, 3.8) is 0 Å². The maximum atomic E-state index is 13.3. The van der Waals surface area contributed by atoms with Gasteiger partial charge in [-0.15, -0.1) is 0 Å². The Hall–Kier alpha value is -3.36. The fourth-order valence-corrected chi connectivity index (χ4v) is 4.53. The summed E-state index contributed by atoms with van der Waals surface area (Å²) in [6, 6.07) is 13.7. The third-order valence-electron chi connectivity index (χ3n) is 6.29. The van der Waals surface area contributed by atoms with Crippen molar-refractivity contribution in [2.45, 2.75) is 51.3 Å². The second kappa shape index (κ2) is 10.1. The molecular formula is C27H32N2O6. The summed E-state index contributed by atoms with van der Waals surface area (Å²) in [5.41, 5.74) is 2.06. The Bertz CT molecular complexity index is 1110. The molecule has 0 radical (unpaired) electrons. The Labute approximate surface area is 205 Å². The number of β-lactam (4-membered cyclic amide) rings is 1. The molecular weight excluding hydrogens is 448 g/mol. The molecule has 1 amide bonds. The number of methoxy groups -OCH3 is 2. The predicted molar refractivity (Wildman–Crippen MR) is 130 cm³/mol. The minimum absolute atomic E-state index is 0.0823. The average molecular weight is 481 g/mol. The minimum Gasteiger partial charge on any atom is -0.497 e. The smallest absolute Gasteiger partial charge is 0.248 e. The number of amides is 1. The number of carbonyl (C=O) groups excluding carboxylic acids is 2. The monoisotopic (exact) mass is 480 g/mol. The van der Waals surface area contributed by atoms with Crippen LogP contribution in [0.1, 0.15) is 36.7 Å². The standard InChI is InChI=1S/C27H32N2O6/c1-17(13-21(30)18-9-7-6-8-10-18)28-24-25(23-16-34-27(2,3)35-23)29(26(24)31)15-19-11-12-20(32-4)14-22(19)33-5/h6-14,23-25,28H,15-16H2,1-5H3/t23-,24-,25+/m0/s1. The molecule has 1 N–H and O–H groups in total. The van der Waals surface area contributed by atoms with E-state index in [0.29, 0.717) is 35.9 Å². The summed E-state index contributed by atoms with van der Waals surface area (Å²) < 4.78 is 22.7. The van der Waals surface area contributed by atoms with Gasteiger partial charge in [0.2, 0.25) is 5.91 Å². The van der Waals surface area contributed by atoms with E-state index in [1.807, 2.05) is 44.2 Å². The molecule has 8 nitrogen and oxygen atoms in total. The van der Waals surface area contributed by atoms with Crippen molar-refractivity contribution < 1.29 is 28.5 Å². The first-order valence-electron chi connectivity index (χ1n) is 11.6. The molecule has 2 aliphatic heterocycles. The number of ketones is 1. The molecule has 0 spiro atoms. The summed E-state index contributed by atoms with van der Waals surface area (Å²) in [7, 11) is 3.18. The summed E-state index contributed by atoms with van der Waals surface area (Å²) >= 11 is 0. The molecule has 2 heterocycles. The number of nitrogens with one attached hydrogen (secondary N) is 1. The van der Waals surface area contributed by atoms with Crippen LogP contribution in [0.25, 0.3) is 0 Å². The van der Waals surface area contributed by atoms with Gasteiger partial charge in [-0.2, -0.15) is 0 Å². The number of ether oxygens (including phenoxy) is 4. The number of benzene rings is 2. The van der Waals surface area contributed by atoms with E-state index in [9.17, 15) is 9.59 Å². The largest absolute Gasteiger partial charge is 0.497 e. The maximum Gasteiger partial charge on any atom is 0.248 e. The van der Waals surface area contributed by atoms with Gasteiger partial charge in [0, 0.05) is 35.5 Å². The summed E-state index contributed by atoms with van der Waals surface area (Å²) in [5, 5.41) is 3.25. The SMILES string of the molecule is COc1ccc(CN2C(=O)[C@@H](NC(C)=CC(=O)c3ccccc3)[C@H]2[C@@H]2COC(C)(C)O2)c(OC)c1. The third-order valence-corrected chi connectivity index (χ3v) is 6.29. The lowest BCUT2D eigenvalue weighted by Gasteiger charge is -2.50. The van der Waals surface area contributed by atoms with E-state index < -0.39 is 11.8 Å². The predicted octanol–water partition coefficient (Wildman–Crippen LogP) is 3.31. The van der Waals surface area contributed by atoms with Crippen LogP contribution >= 0.6 is 0 Å². The first-order chi connectivity index (χ1) is 16.7. The minimum atomic E-state index is -0.731. The van der Waals surface area contributed by atoms with Crippen LogP contribution in [0.5, 0.6) is 11.5 Å². The van der Waals surface area contributed by atoms with Crippen molar-refractivity contribution in [1.29, 1.82) is 0 Å². The molecule has 0 aliphatic carbocycles. The number of hydrogen-bond acceptors (Lipinski definition) is 7. The summed E-state index contributed by atoms with van der Waals surface area (Å²) in [6.45, 7) is 6.22. The Morgan fingerprint density at radius 2 is 1.91 bits per heavy atom. The third kappa shape index (κ3) is 5.33. The average Bonchev–Trinajstić information content (AvgIpc) is 3.21. The second-order valence-corrected chi connectivity index (χ2v) is 9.18. The van der Waals surface area contributed by atoms with Crippen LogP contribution in [-0.4, -0.2) is 61.4 Å². The van der Waals surface area contributed by atoms with E-state index in [1.165, 1.54) is 6.08 Å². The highest BCUT2D eigenvalue weighted by Crippen LogP contribution is 2.36. The van der Waals surface area contributed by atoms with E-state index in [0.717, 1.165) is 5.56 Å². The molecule has 2 saturated heterocycles. The first-order valence-corrected chi connectivity index (χ1v) is 11.6. The lowest BCUT2D eigenvalue weighted by atomic mass is 9.89. The van der Waals surface area contributed by atoms with Crippen LogP contribution in [0.3, 0.4) is 0 Å². The molecule has 35 heavy (non-hydrogen) atoms. The van der Waals surface area contributed by atoms with Gasteiger partial charge in [-0.25, -0.2) is 0 Å². The Kier molecular flexibility index (Phi) is 7.14. The van der Waals surface area contributed by atoms with Gasteiger partial charge in [-0.05, 0) is 32.9 Å². The van der Waals surface area contributed by atoms with Crippen molar-refractivity contribution >= 4 is 11.7 Å². The fourth-order valence-electron chi connectivity index (χ4n) is 4.53. The number of rotatable bonds is 9. The maximum absolute atomic E-state index is 13.3. The molecule has 2 aromatic carbocycles. The molecule has 2 aromatic rings. The van der Waals surface area contributed by atoms with E-state index in [-0.39, 0.29) is 23.8 Å². The van der Waals surface area contributed by atoms with E-state index in [2.05, 4.69) is 5.32 Å². The summed E-state index contributed by atoms with van der Waals surface area (Å²) in [4.78, 5) is 27.7. The summed E-state index contributed by atoms with van der Waals surface area (Å²) in [5.74, 6) is 0.378. The number of nitrogens with zero attached hydrogens (tertiary/aromatic N) is 1. The van der Waals surface area contributed by atoms with Crippen molar-refractivity contribution in [3.05, 3.63) is 71.4 Å². The lowest BCUT2D eigenvalue weighted by molar-refractivity contribution is -0.174. The van der Waals surface area contributed by atoms with Crippen molar-refractivity contribution in [2.75, 3.05) is 20.8 Å². The number of hydrogen-bond donors (Lipinski definition) is 1. The molecule has 4 rings (SSSR count). The number of allylic oxidation sites excluding steroid dienone is 2. The van der Waals surface area contributed by atoms with E-state index >= 15 is 0 Å². The molecule has 0 saturated carbocycles. The Balaban J connectivity index is 1.54. The Morgan fingerprint density at radius 1 is 1.17 bits per heavy atom. The van der Waals surface area contributed by atoms with Gasteiger partial charge < -0.3 is 29.2 Å². The highest BCUT2D eigenvalue weighted by molar-refractivity contribution is 6.04. The molecule has 0 unspecified atom stereocenters. The normalized spacial score (nSPS) is 23.6.